The van der Waals surface area contributed by atoms with Crippen LogP contribution >= 0.6 is 23.4 Å². The standard InChI is InChI=1S/C21H25ClN2OS/c1-14(2)11-20(25)16-4-6-21(24-12-16)26-13-18-17-8-10-23-9-7-15(17)3-5-19(18)22/h3-6,12,14,23H,7-11,13H2,1-2H3. The molecule has 0 saturated carbocycles. The van der Waals surface area contributed by atoms with Crippen molar-refractivity contribution in [1.82, 2.24) is 10.3 Å². The zero-order chi connectivity index (χ0) is 18.5. The molecular weight excluding hydrogens is 364 g/mol. The Morgan fingerprint density at radius 1 is 1.23 bits per heavy atom. The minimum atomic E-state index is 0.160. The number of hydrogen-bond acceptors (Lipinski definition) is 4. The topological polar surface area (TPSA) is 42.0 Å². The summed E-state index contributed by atoms with van der Waals surface area (Å²) in [4.78, 5) is 16.6. The minimum absolute atomic E-state index is 0.160. The third kappa shape index (κ3) is 4.87. The van der Waals surface area contributed by atoms with Gasteiger partial charge in [-0.3, -0.25) is 4.79 Å². The number of rotatable bonds is 6. The van der Waals surface area contributed by atoms with Crippen molar-refractivity contribution in [2.45, 2.75) is 43.9 Å². The molecule has 0 amide bonds. The Bertz CT molecular complexity index is 774. The second-order valence-electron chi connectivity index (χ2n) is 7.11. The first-order valence-corrected chi connectivity index (χ1v) is 10.5. The Kier molecular flexibility index (Phi) is 6.74. The molecule has 0 bridgehead atoms. The molecule has 1 N–H and O–H groups in total. The van der Waals surface area contributed by atoms with Crippen molar-refractivity contribution in [2.75, 3.05) is 13.1 Å². The Hall–Kier alpha value is -1.36. The molecule has 0 radical (unpaired) electrons. The highest BCUT2D eigenvalue weighted by Crippen LogP contribution is 2.31. The van der Waals surface area contributed by atoms with Crippen molar-refractivity contribution >= 4 is 29.1 Å². The van der Waals surface area contributed by atoms with E-state index in [2.05, 4.69) is 30.2 Å². The molecule has 0 saturated heterocycles. The number of halogens is 1. The number of ketones is 1. The number of nitrogens with zero attached hydrogens (tertiary/aromatic N) is 1. The number of carbonyl (C=O) groups excluding carboxylic acids is 1. The smallest absolute Gasteiger partial charge is 0.164 e. The van der Waals surface area contributed by atoms with E-state index >= 15 is 0 Å². The van der Waals surface area contributed by atoms with Crippen LogP contribution in [0.3, 0.4) is 0 Å². The lowest BCUT2D eigenvalue weighted by Crippen LogP contribution is -2.16. The number of thioether (sulfide) groups is 1. The minimum Gasteiger partial charge on any atom is -0.316 e. The normalized spacial score (nSPS) is 14.2. The second kappa shape index (κ2) is 9.03. The van der Waals surface area contributed by atoms with Gasteiger partial charge in [0.05, 0.1) is 5.03 Å². The van der Waals surface area contributed by atoms with Gasteiger partial charge in [0, 0.05) is 29.0 Å². The van der Waals surface area contributed by atoms with Crippen molar-refractivity contribution < 1.29 is 4.79 Å². The Balaban J connectivity index is 1.70. The van der Waals surface area contributed by atoms with Crippen LogP contribution in [0, 0.1) is 5.92 Å². The third-order valence-corrected chi connectivity index (χ3v) is 5.93. The van der Waals surface area contributed by atoms with Gasteiger partial charge < -0.3 is 5.32 Å². The third-order valence-electron chi connectivity index (χ3n) is 4.61. The number of pyridine rings is 1. The van der Waals surface area contributed by atoms with Gasteiger partial charge in [0.15, 0.2) is 5.78 Å². The summed E-state index contributed by atoms with van der Waals surface area (Å²) in [5.74, 6) is 1.32. The van der Waals surface area contributed by atoms with Crippen LogP contribution in [0.1, 0.15) is 47.3 Å². The fourth-order valence-electron chi connectivity index (χ4n) is 3.24. The molecule has 0 atom stereocenters. The summed E-state index contributed by atoms with van der Waals surface area (Å²) in [5, 5.41) is 5.21. The van der Waals surface area contributed by atoms with E-state index in [0.29, 0.717) is 17.9 Å². The largest absolute Gasteiger partial charge is 0.316 e. The lowest BCUT2D eigenvalue weighted by Gasteiger charge is -2.14. The summed E-state index contributed by atoms with van der Waals surface area (Å²) >= 11 is 8.17. The molecule has 138 valence electrons. The molecule has 1 aromatic carbocycles. The summed E-state index contributed by atoms with van der Waals surface area (Å²) in [6, 6.07) is 8.00. The van der Waals surface area contributed by atoms with Crippen LogP contribution in [0.4, 0.5) is 0 Å². The fourth-order valence-corrected chi connectivity index (χ4v) is 4.48. The number of aromatic nitrogens is 1. The zero-order valence-electron chi connectivity index (χ0n) is 15.3. The number of benzene rings is 1. The van der Waals surface area contributed by atoms with Gasteiger partial charge in [-0.15, -0.1) is 11.8 Å². The fraction of sp³-hybridized carbons (Fsp3) is 0.429. The van der Waals surface area contributed by atoms with Crippen molar-refractivity contribution in [2.24, 2.45) is 5.92 Å². The van der Waals surface area contributed by atoms with E-state index in [-0.39, 0.29) is 5.78 Å². The van der Waals surface area contributed by atoms with Crippen molar-refractivity contribution in [1.29, 1.82) is 0 Å². The van der Waals surface area contributed by atoms with E-state index < -0.39 is 0 Å². The quantitative estimate of drug-likeness (QED) is 0.561. The van der Waals surface area contributed by atoms with Crippen LogP contribution in [-0.4, -0.2) is 23.9 Å². The van der Waals surface area contributed by atoms with Crippen molar-refractivity contribution in [3.8, 4) is 0 Å². The molecule has 0 unspecified atom stereocenters. The van der Waals surface area contributed by atoms with Crippen LogP contribution < -0.4 is 5.32 Å². The lowest BCUT2D eigenvalue weighted by molar-refractivity contribution is 0.0967. The highest BCUT2D eigenvalue weighted by Gasteiger charge is 2.15. The molecule has 1 aromatic heterocycles. The highest BCUT2D eigenvalue weighted by molar-refractivity contribution is 7.98. The monoisotopic (exact) mass is 388 g/mol. The molecule has 1 aliphatic heterocycles. The summed E-state index contributed by atoms with van der Waals surface area (Å²) in [5.41, 5.74) is 4.71. The molecule has 3 rings (SSSR count). The predicted octanol–water partition coefficient (Wildman–Crippen LogP) is 4.94. The predicted molar refractivity (Wildman–Crippen MR) is 109 cm³/mol. The van der Waals surface area contributed by atoms with E-state index in [4.69, 9.17) is 11.6 Å². The molecule has 3 nitrogen and oxygen atoms in total. The first-order valence-electron chi connectivity index (χ1n) is 9.16. The highest BCUT2D eigenvalue weighted by atomic mass is 35.5. The SMILES string of the molecule is CC(C)CC(=O)c1ccc(SCc2c(Cl)ccc3c2CCNCC3)nc1. The molecule has 0 fully saturated rings. The first-order chi connectivity index (χ1) is 12.5. The maximum absolute atomic E-state index is 12.1. The van der Waals surface area contributed by atoms with Crippen LogP contribution in [0.5, 0.6) is 0 Å². The second-order valence-corrected chi connectivity index (χ2v) is 8.51. The summed E-state index contributed by atoms with van der Waals surface area (Å²) < 4.78 is 0. The maximum atomic E-state index is 12.1. The van der Waals surface area contributed by atoms with Gasteiger partial charge in [0.2, 0.25) is 0 Å². The van der Waals surface area contributed by atoms with Crippen molar-refractivity contribution in [3.63, 3.8) is 0 Å². The number of nitrogens with one attached hydrogen (secondary N) is 1. The van der Waals surface area contributed by atoms with Crippen LogP contribution in [0.2, 0.25) is 5.02 Å². The number of hydrogen-bond donors (Lipinski definition) is 1. The van der Waals surface area contributed by atoms with Gasteiger partial charge >= 0.3 is 0 Å². The average molecular weight is 389 g/mol. The van der Waals surface area contributed by atoms with E-state index in [1.165, 1.54) is 16.7 Å². The van der Waals surface area contributed by atoms with E-state index in [0.717, 1.165) is 41.7 Å². The maximum Gasteiger partial charge on any atom is 0.164 e. The molecule has 0 aliphatic carbocycles. The van der Waals surface area contributed by atoms with Crippen molar-refractivity contribution in [3.05, 3.63) is 57.7 Å². The Morgan fingerprint density at radius 3 is 2.77 bits per heavy atom. The van der Waals surface area contributed by atoms with Gasteiger partial charge in [-0.2, -0.15) is 0 Å². The number of Topliss-reactive ketones (excluding diaryl/α,β-unsaturated/α-hetero) is 1. The van der Waals surface area contributed by atoms with Gasteiger partial charge in [0.25, 0.3) is 0 Å². The molecule has 2 heterocycles. The molecule has 0 spiro atoms. The van der Waals surface area contributed by atoms with Crippen LogP contribution in [0.25, 0.3) is 0 Å². The van der Waals surface area contributed by atoms with E-state index in [1.807, 2.05) is 18.2 Å². The van der Waals surface area contributed by atoms with Gasteiger partial charge in [-0.05, 0) is 66.7 Å². The molecular formula is C21H25ClN2OS. The number of carbonyl (C=O) groups is 1. The Morgan fingerprint density at radius 2 is 2.04 bits per heavy atom. The van der Waals surface area contributed by atoms with Crippen LogP contribution in [0.15, 0.2) is 35.5 Å². The van der Waals surface area contributed by atoms with E-state index in [1.54, 1.807) is 18.0 Å². The molecule has 1 aliphatic rings. The molecule has 26 heavy (non-hydrogen) atoms. The van der Waals surface area contributed by atoms with Gasteiger partial charge in [-0.25, -0.2) is 4.98 Å². The van der Waals surface area contributed by atoms with Gasteiger partial charge in [0.1, 0.15) is 0 Å². The summed E-state index contributed by atoms with van der Waals surface area (Å²) in [6.07, 6.45) is 4.33. The van der Waals surface area contributed by atoms with E-state index in [9.17, 15) is 4.79 Å². The summed E-state index contributed by atoms with van der Waals surface area (Å²) in [7, 11) is 0. The zero-order valence-corrected chi connectivity index (χ0v) is 16.9. The van der Waals surface area contributed by atoms with Gasteiger partial charge in [-0.1, -0.05) is 31.5 Å². The molecule has 2 aromatic rings. The van der Waals surface area contributed by atoms with Crippen LogP contribution in [-0.2, 0) is 18.6 Å². The average Bonchev–Trinajstić information content (AvgIpc) is 2.86. The summed E-state index contributed by atoms with van der Waals surface area (Å²) in [6.45, 7) is 6.12. The lowest BCUT2D eigenvalue weighted by atomic mass is 9.98. The Labute approximate surface area is 164 Å². The number of fused-ring (bicyclic) bond motifs is 1. The molecule has 5 heteroatoms. The first kappa shape index (κ1) is 19.4.